The second-order valence-electron chi connectivity index (χ2n) is 4.17. The Balaban J connectivity index is 2.08. The van der Waals surface area contributed by atoms with Gasteiger partial charge >= 0.3 is 0 Å². The van der Waals surface area contributed by atoms with Crippen molar-refractivity contribution in [1.29, 1.82) is 0 Å². The Morgan fingerprint density at radius 2 is 2.10 bits per heavy atom. The summed E-state index contributed by atoms with van der Waals surface area (Å²) in [6, 6.07) is 6.84. The first-order valence-corrected chi connectivity index (χ1v) is 6.59. The fraction of sp³-hybridized carbons (Fsp3) is 0.143. The average Bonchev–Trinajstić information content (AvgIpc) is 2.73. The van der Waals surface area contributed by atoms with Crippen molar-refractivity contribution in [2.45, 2.75) is 13.8 Å². The molecule has 1 heterocycles. The van der Waals surface area contributed by atoms with Gasteiger partial charge in [-0.05, 0) is 26.0 Å². The zero-order chi connectivity index (χ0) is 14.7. The van der Waals surface area contributed by atoms with E-state index in [2.05, 4.69) is 10.5 Å². The van der Waals surface area contributed by atoms with Crippen molar-refractivity contribution in [1.82, 2.24) is 5.43 Å². The molecule has 0 unspecified atom stereocenters. The summed E-state index contributed by atoms with van der Waals surface area (Å²) in [6.45, 7) is 3.50. The third-order valence-corrected chi connectivity index (χ3v) is 3.47. The number of hydrogen-bond donors (Lipinski definition) is 1. The van der Waals surface area contributed by atoms with E-state index in [1.165, 1.54) is 6.21 Å². The lowest BCUT2D eigenvalue weighted by Gasteiger charge is -2.00. The maximum atomic E-state index is 11.9. The van der Waals surface area contributed by atoms with Crippen LogP contribution in [0.2, 0.25) is 10.0 Å². The second kappa shape index (κ2) is 6.11. The minimum Gasteiger partial charge on any atom is -0.466 e. The standard InChI is InChI=1S/C14H12Cl2N2O2/c1-8-6-11(9(2)20-8)14(19)18-17-7-10-4-3-5-12(15)13(10)16/h3-7H,1-2H3,(H,18,19)/b17-7-. The van der Waals surface area contributed by atoms with Gasteiger partial charge in [0.1, 0.15) is 11.5 Å². The number of carbonyl (C=O) groups is 1. The largest absolute Gasteiger partial charge is 0.466 e. The van der Waals surface area contributed by atoms with Gasteiger partial charge in [0.2, 0.25) is 0 Å². The Bertz CT molecular complexity index is 678. The van der Waals surface area contributed by atoms with Gasteiger partial charge in [0.15, 0.2) is 0 Å². The zero-order valence-corrected chi connectivity index (χ0v) is 12.4. The molecule has 2 rings (SSSR count). The van der Waals surface area contributed by atoms with E-state index in [4.69, 9.17) is 27.6 Å². The quantitative estimate of drug-likeness (QED) is 0.689. The van der Waals surface area contributed by atoms with E-state index in [1.807, 2.05) is 0 Å². The summed E-state index contributed by atoms with van der Waals surface area (Å²) in [5.41, 5.74) is 3.50. The summed E-state index contributed by atoms with van der Waals surface area (Å²) in [7, 11) is 0. The summed E-state index contributed by atoms with van der Waals surface area (Å²) in [6.07, 6.45) is 1.44. The lowest BCUT2D eigenvalue weighted by Crippen LogP contribution is -2.17. The molecule has 1 aromatic heterocycles. The summed E-state index contributed by atoms with van der Waals surface area (Å²) >= 11 is 11.9. The molecule has 1 N–H and O–H groups in total. The minimum atomic E-state index is -0.339. The Labute approximate surface area is 126 Å². The van der Waals surface area contributed by atoms with Gasteiger partial charge in [-0.2, -0.15) is 5.10 Å². The SMILES string of the molecule is Cc1cc(C(=O)N/N=C\c2cccc(Cl)c2Cl)c(C)o1. The van der Waals surface area contributed by atoms with Crippen LogP contribution in [0.5, 0.6) is 0 Å². The number of halogens is 2. The molecule has 0 saturated carbocycles. The number of amides is 1. The molecule has 0 spiro atoms. The van der Waals surface area contributed by atoms with Crippen molar-refractivity contribution in [3.05, 3.63) is 57.0 Å². The maximum absolute atomic E-state index is 11.9. The number of nitrogens with zero attached hydrogens (tertiary/aromatic N) is 1. The second-order valence-corrected chi connectivity index (χ2v) is 4.95. The highest BCUT2D eigenvalue weighted by Gasteiger charge is 2.12. The molecule has 0 aliphatic heterocycles. The molecule has 2 aromatic rings. The minimum absolute atomic E-state index is 0.339. The van der Waals surface area contributed by atoms with E-state index >= 15 is 0 Å². The molecule has 0 aliphatic rings. The molecule has 0 fully saturated rings. The van der Waals surface area contributed by atoms with Gasteiger partial charge in [0.25, 0.3) is 5.91 Å². The fourth-order valence-corrected chi connectivity index (χ4v) is 2.05. The first kappa shape index (κ1) is 14.6. The van der Waals surface area contributed by atoms with Crippen molar-refractivity contribution < 1.29 is 9.21 Å². The van der Waals surface area contributed by atoms with Crippen LogP contribution in [0, 0.1) is 13.8 Å². The fourth-order valence-electron chi connectivity index (χ4n) is 1.70. The summed E-state index contributed by atoms with van der Waals surface area (Å²) in [5.74, 6) is 0.888. The Morgan fingerprint density at radius 1 is 1.35 bits per heavy atom. The lowest BCUT2D eigenvalue weighted by atomic mass is 10.2. The van der Waals surface area contributed by atoms with Crippen LogP contribution >= 0.6 is 23.2 Å². The molecule has 1 amide bonds. The van der Waals surface area contributed by atoms with E-state index in [1.54, 1.807) is 38.1 Å². The lowest BCUT2D eigenvalue weighted by molar-refractivity contribution is 0.0953. The highest BCUT2D eigenvalue weighted by molar-refractivity contribution is 6.43. The van der Waals surface area contributed by atoms with Crippen LogP contribution < -0.4 is 5.43 Å². The molecule has 0 bridgehead atoms. The van der Waals surface area contributed by atoms with Crippen molar-refractivity contribution in [3.8, 4) is 0 Å². The first-order chi connectivity index (χ1) is 9.49. The molecule has 6 heteroatoms. The topological polar surface area (TPSA) is 54.6 Å². The average molecular weight is 311 g/mol. The van der Waals surface area contributed by atoms with Gasteiger partial charge in [0.05, 0.1) is 21.8 Å². The van der Waals surface area contributed by atoms with Crippen molar-refractivity contribution >= 4 is 35.3 Å². The molecule has 20 heavy (non-hydrogen) atoms. The molecule has 0 saturated heterocycles. The van der Waals surface area contributed by atoms with Gasteiger partial charge in [-0.3, -0.25) is 4.79 Å². The normalized spacial score (nSPS) is 11.0. The summed E-state index contributed by atoms with van der Waals surface area (Å²) in [4.78, 5) is 11.9. The zero-order valence-electron chi connectivity index (χ0n) is 10.9. The number of carbonyl (C=O) groups excluding carboxylic acids is 1. The highest BCUT2D eigenvalue weighted by Crippen LogP contribution is 2.24. The van der Waals surface area contributed by atoms with Gasteiger partial charge in [-0.15, -0.1) is 0 Å². The third-order valence-electron chi connectivity index (χ3n) is 2.64. The monoisotopic (exact) mass is 310 g/mol. The van der Waals surface area contributed by atoms with Gasteiger partial charge in [0, 0.05) is 5.56 Å². The van der Waals surface area contributed by atoms with E-state index in [9.17, 15) is 4.79 Å². The van der Waals surface area contributed by atoms with Crippen LogP contribution in [0.1, 0.15) is 27.4 Å². The number of hydrazone groups is 1. The van der Waals surface area contributed by atoms with Crippen molar-refractivity contribution in [2.24, 2.45) is 5.10 Å². The number of furan rings is 1. The maximum Gasteiger partial charge on any atom is 0.274 e. The molecule has 1 aromatic carbocycles. The van der Waals surface area contributed by atoms with Gasteiger partial charge in [-0.1, -0.05) is 35.3 Å². The van der Waals surface area contributed by atoms with Gasteiger partial charge < -0.3 is 4.42 Å². The number of hydrogen-bond acceptors (Lipinski definition) is 3. The predicted octanol–water partition coefficient (Wildman–Crippen LogP) is 3.97. The van der Waals surface area contributed by atoms with E-state index in [0.29, 0.717) is 32.7 Å². The molecule has 0 aliphatic carbocycles. The third kappa shape index (κ3) is 3.21. The van der Waals surface area contributed by atoms with E-state index < -0.39 is 0 Å². The van der Waals surface area contributed by atoms with E-state index in [0.717, 1.165) is 0 Å². The number of rotatable bonds is 3. The Morgan fingerprint density at radius 3 is 2.75 bits per heavy atom. The molecule has 0 radical (unpaired) electrons. The molecule has 4 nitrogen and oxygen atoms in total. The van der Waals surface area contributed by atoms with Crippen LogP contribution in [0.15, 0.2) is 33.8 Å². The van der Waals surface area contributed by atoms with Crippen LogP contribution in [-0.4, -0.2) is 12.1 Å². The van der Waals surface area contributed by atoms with Crippen molar-refractivity contribution in [2.75, 3.05) is 0 Å². The van der Waals surface area contributed by atoms with Crippen LogP contribution in [-0.2, 0) is 0 Å². The molecule has 104 valence electrons. The predicted molar refractivity (Wildman–Crippen MR) is 79.7 cm³/mol. The van der Waals surface area contributed by atoms with Gasteiger partial charge in [-0.25, -0.2) is 5.43 Å². The number of benzene rings is 1. The van der Waals surface area contributed by atoms with E-state index in [-0.39, 0.29) is 5.91 Å². The highest BCUT2D eigenvalue weighted by atomic mass is 35.5. The number of nitrogens with one attached hydrogen (secondary N) is 1. The van der Waals surface area contributed by atoms with Crippen molar-refractivity contribution in [3.63, 3.8) is 0 Å². The molecular weight excluding hydrogens is 299 g/mol. The number of aryl methyl sites for hydroxylation is 2. The summed E-state index contributed by atoms with van der Waals surface area (Å²) < 4.78 is 5.28. The van der Waals surface area contributed by atoms with Crippen LogP contribution in [0.4, 0.5) is 0 Å². The Hall–Kier alpha value is -1.78. The molecular formula is C14H12Cl2N2O2. The first-order valence-electron chi connectivity index (χ1n) is 5.83. The summed E-state index contributed by atoms with van der Waals surface area (Å²) in [5, 5.41) is 4.69. The van der Waals surface area contributed by atoms with Crippen LogP contribution in [0.25, 0.3) is 0 Å². The Kier molecular flexibility index (Phi) is 4.47. The smallest absolute Gasteiger partial charge is 0.274 e. The molecule has 0 atom stereocenters. The van der Waals surface area contributed by atoms with Crippen LogP contribution in [0.3, 0.4) is 0 Å².